The lowest BCUT2D eigenvalue weighted by atomic mass is 9.88. The van der Waals surface area contributed by atoms with E-state index in [1.54, 1.807) is 0 Å². The SMILES string of the molecule is CCC(C)NC(=O)CN1C(=O)NC(=O)C12CCCCCC2. The molecule has 0 bridgehead atoms. The van der Waals surface area contributed by atoms with E-state index in [0.717, 1.165) is 32.1 Å². The molecule has 2 fully saturated rings. The first-order valence-electron chi connectivity index (χ1n) is 7.92. The maximum Gasteiger partial charge on any atom is 0.325 e. The Labute approximate surface area is 125 Å². The van der Waals surface area contributed by atoms with Crippen LogP contribution in [0.4, 0.5) is 4.79 Å². The fourth-order valence-electron chi connectivity index (χ4n) is 3.20. The van der Waals surface area contributed by atoms with Crippen LogP contribution in [0.1, 0.15) is 58.8 Å². The van der Waals surface area contributed by atoms with Gasteiger partial charge in [0.1, 0.15) is 12.1 Å². The second-order valence-corrected chi connectivity index (χ2v) is 6.17. The van der Waals surface area contributed by atoms with Gasteiger partial charge in [0.2, 0.25) is 5.91 Å². The second kappa shape index (κ2) is 6.45. The highest BCUT2D eigenvalue weighted by Gasteiger charge is 2.52. The summed E-state index contributed by atoms with van der Waals surface area (Å²) >= 11 is 0. The normalized spacial score (nSPS) is 22.9. The zero-order valence-corrected chi connectivity index (χ0v) is 12.9. The molecule has 1 spiro atoms. The average molecular weight is 295 g/mol. The molecular formula is C15H25N3O3. The van der Waals surface area contributed by atoms with Crippen LogP contribution in [-0.4, -0.2) is 40.9 Å². The number of carbonyl (C=O) groups excluding carboxylic acids is 3. The molecule has 0 radical (unpaired) electrons. The molecule has 0 aromatic rings. The van der Waals surface area contributed by atoms with Crippen molar-refractivity contribution >= 4 is 17.8 Å². The lowest BCUT2D eigenvalue weighted by Gasteiger charge is -2.34. The van der Waals surface area contributed by atoms with Crippen molar-refractivity contribution in [2.24, 2.45) is 0 Å². The van der Waals surface area contributed by atoms with Crippen molar-refractivity contribution in [1.82, 2.24) is 15.5 Å². The van der Waals surface area contributed by atoms with Crippen LogP contribution < -0.4 is 10.6 Å². The lowest BCUT2D eigenvalue weighted by molar-refractivity contribution is -0.129. The fraction of sp³-hybridized carbons (Fsp3) is 0.800. The van der Waals surface area contributed by atoms with E-state index in [1.807, 2.05) is 13.8 Å². The van der Waals surface area contributed by atoms with Crippen LogP contribution in [0, 0.1) is 0 Å². The van der Waals surface area contributed by atoms with Crippen LogP contribution >= 0.6 is 0 Å². The third-order valence-electron chi connectivity index (χ3n) is 4.66. The first-order valence-corrected chi connectivity index (χ1v) is 7.92. The average Bonchev–Trinajstić information content (AvgIpc) is 2.65. The van der Waals surface area contributed by atoms with E-state index in [4.69, 9.17) is 0 Å². The summed E-state index contributed by atoms with van der Waals surface area (Å²) in [4.78, 5) is 37.9. The van der Waals surface area contributed by atoms with Crippen molar-refractivity contribution in [3.63, 3.8) is 0 Å². The number of nitrogens with zero attached hydrogens (tertiary/aromatic N) is 1. The number of rotatable bonds is 4. The van der Waals surface area contributed by atoms with E-state index in [0.29, 0.717) is 12.8 Å². The Morgan fingerprint density at radius 1 is 1.29 bits per heavy atom. The predicted octanol–water partition coefficient (Wildman–Crippen LogP) is 1.55. The number of carbonyl (C=O) groups is 3. The van der Waals surface area contributed by atoms with Crippen molar-refractivity contribution in [1.29, 1.82) is 0 Å². The number of urea groups is 1. The summed E-state index contributed by atoms with van der Waals surface area (Å²) in [5, 5.41) is 5.25. The maximum absolute atomic E-state index is 12.3. The van der Waals surface area contributed by atoms with Crippen LogP contribution in [0.5, 0.6) is 0 Å². The van der Waals surface area contributed by atoms with Gasteiger partial charge in [0.25, 0.3) is 5.91 Å². The summed E-state index contributed by atoms with van der Waals surface area (Å²) in [6.45, 7) is 3.88. The molecule has 1 unspecified atom stereocenters. The second-order valence-electron chi connectivity index (χ2n) is 6.17. The molecule has 2 N–H and O–H groups in total. The summed E-state index contributed by atoms with van der Waals surface area (Å²) in [5.41, 5.74) is -0.805. The molecule has 21 heavy (non-hydrogen) atoms. The Balaban J connectivity index is 2.12. The number of imide groups is 1. The van der Waals surface area contributed by atoms with Gasteiger partial charge < -0.3 is 10.2 Å². The van der Waals surface area contributed by atoms with Crippen LogP contribution in [-0.2, 0) is 9.59 Å². The molecule has 1 atom stereocenters. The van der Waals surface area contributed by atoms with E-state index in [2.05, 4.69) is 10.6 Å². The van der Waals surface area contributed by atoms with Crippen LogP contribution in [0.2, 0.25) is 0 Å². The van der Waals surface area contributed by atoms with E-state index < -0.39 is 11.6 Å². The van der Waals surface area contributed by atoms with Crippen molar-refractivity contribution < 1.29 is 14.4 Å². The summed E-state index contributed by atoms with van der Waals surface area (Å²) < 4.78 is 0. The number of nitrogens with one attached hydrogen (secondary N) is 2. The molecule has 0 aromatic carbocycles. The van der Waals surface area contributed by atoms with Gasteiger partial charge in [-0.25, -0.2) is 4.79 Å². The number of hydrogen-bond acceptors (Lipinski definition) is 3. The number of amides is 4. The van der Waals surface area contributed by atoms with Crippen LogP contribution in [0.25, 0.3) is 0 Å². The van der Waals surface area contributed by atoms with Gasteiger partial charge in [-0.1, -0.05) is 32.6 Å². The van der Waals surface area contributed by atoms with Crippen molar-refractivity contribution in [3.8, 4) is 0 Å². The molecule has 2 rings (SSSR count). The van der Waals surface area contributed by atoms with Gasteiger partial charge in [0.15, 0.2) is 0 Å². The third-order valence-corrected chi connectivity index (χ3v) is 4.66. The highest BCUT2D eigenvalue weighted by atomic mass is 16.2. The predicted molar refractivity (Wildman–Crippen MR) is 78.6 cm³/mol. The molecule has 4 amide bonds. The zero-order chi connectivity index (χ0) is 15.5. The van der Waals surface area contributed by atoms with Crippen molar-refractivity contribution in [2.45, 2.75) is 70.4 Å². The molecule has 1 saturated carbocycles. The van der Waals surface area contributed by atoms with Gasteiger partial charge in [-0.3, -0.25) is 14.9 Å². The minimum absolute atomic E-state index is 0.0398. The van der Waals surface area contributed by atoms with Gasteiger partial charge in [-0.2, -0.15) is 0 Å². The Kier molecular flexibility index (Phi) is 4.85. The van der Waals surface area contributed by atoms with Gasteiger partial charge in [0, 0.05) is 6.04 Å². The molecule has 6 nitrogen and oxygen atoms in total. The minimum Gasteiger partial charge on any atom is -0.352 e. The third kappa shape index (κ3) is 3.19. The summed E-state index contributed by atoms with van der Waals surface area (Å²) in [5.74, 6) is -0.427. The topological polar surface area (TPSA) is 78.5 Å². The smallest absolute Gasteiger partial charge is 0.325 e. The fourth-order valence-corrected chi connectivity index (χ4v) is 3.20. The molecule has 2 aliphatic rings. The Morgan fingerprint density at radius 3 is 2.48 bits per heavy atom. The highest BCUT2D eigenvalue weighted by molar-refractivity contribution is 6.08. The molecule has 1 aliphatic heterocycles. The van der Waals surface area contributed by atoms with Crippen molar-refractivity contribution in [3.05, 3.63) is 0 Å². The van der Waals surface area contributed by atoms with E-state index >= 15 is 0 Å². The van der Waals surface area contributed by atoms with Crippen LogP contribution in [0.15, 0.2) is 0 Å². The zero-order valence-electron chi connectivity index (χ0n) is 12.9. The molecule has 118 valence electrons. The standard InChI is InChI=1S/C15H25N3O3/c1-3-11(2)16-12(19)10-18-14(21)17-13(20)15(18)8-6-4-5-7-9-15/h11H,3-10H2,1-2H3,(H,16,19)(H,17,20,21). The highest BCUT2D eigenvalue weighted by Crippen LogP contribution is 2.35. The molecule has 1 heterocycles. The summed E-state index contributed by atoms with van der Waals surface area (Å²) in [6.07, 6.45) is 6.14. The summed E-state index contributed by atoms with van der Waals surface area (Å²) in [7, 11) is 0. The molecular weight excluding hydrogens is 270 g/mol. The van der Waals surface area contributed by atoms with E-state index in [1.165, 1.54) is 4.90 Å². The first-order chi connectivity index (χ1) is 9.99. The van der Waals surface area contributed by atoms with Crippen molar-refractivity contribution in [2.75, 3.05) is 6.54 Å². The quantitative estimate of drug-likeness (QED) is 0.772. The first kappa shape index (κ1) is 15.8. The Hall–Kier alpha value is -1.59. The maximum atomic E-state index is 12.3. The molecule has 6 heteroatoms. The lowest BCUT2D eigenvalue weighted by Crippen LogP contribution is -2.53. The number of hydrogen-bond donors (Lipinski definition) is 2. The monoisotopic (exact) mass is 295 g/mol. The Morgan fingerprint density at radius 2 is 1.90 bits per heavy atom. The van der Waals surface area contributed by atoms with E-state index in [9.17, 15) is 14.4 Å². The van der Waals surface area contributed by atoms with E-state index in [-0.39, 0.29) is 24.4 Å². The van der Waals surface area contributed by atoms with Gasteiger partial charge >= 0.3 is 6.03 Å². The van der Waals surface area contributed by atoms with Gasteiger partial charge in [-0.15, -0.1) is 0 Å². The largest absolute Gasteiger partial charge is 0.352 e. The van der Waals surface area contributed by atoms with Gasteiger partial charge in [-0.05, 0) is 26.2 Å². The Bertz CT molecular complexity index is 428. The molecule has 1 aliphatic carbocycles. The van der Waals surface area contributed by atoms with Gasteiger partial charge in [0.05, 0.1) is 0 Å². The molecule has 0 aromatic heterocycles. The molecule has 1 saturated heterocycles. The van der Waals surface area contributed by atoms with Crippen LogP contribution in [0.3, 0.4) is 0 Å². The minimum atomic E-state index is -0.805. The summed E-state index contributed by atoms with van der Waals surface area (Å²) in [6, 6.07) is -0.356.